The van der Waals surface area contributed by atoms with Gasteiger partial charge in [-0.2, -0.15) is 0 Å². The van der Waals surface area contributed by atoms with E-state index in [1.165, 1.54) is 13.4 Å². The molecule has 1 aromatic rings. The molecule has 18 heavy (non-hydrogen) atoms. The van der Waals surface area contributed by atoms with Gasteiger partial charge in [0.2, 0.25) is 11.8 Å². The molecule has 1 saturated heterocycles. The molecule has 0 aromatic carbocycles. The van der Waals surface area contributed by atoms with E-state index in [4.69, 9.17) is 10.3 Å². The lowest BCUT2D eigenvalue weighted by molar-refractivity contribution is -0.117. The molecule has 0 radical (unpaired) electrons. The van der Waals surface area contributed by atoms with Crippen LogP contribution in [0.1, 0.15) is 6.42 Å². The van der Waals surface area contributed by atoms with Crippen molar-refractivity contribution in [1.82, 2.24) is 9.97 Å². The number of methoxy groups -OCH3 is 1. The molecular formula is C10H12N6O2. The number of ether oxygens (including phenoxy) is 1. The van der Waals surface area contributed by atoms with Crippen LogP contribution in [0, 0.1) is 5.92 Å². The number of rotatable bonds is 4. The maximum atomic E-state index is 11.8. The molecule has 0 spiro atoms. The average Bonchev–Trinajstić information content (AvgIpc) is 2.77. The predicted octanol–water partition coefficient (Wildman–Crippen LogP) is 1.15. The smallest absolute Gasteiger partial charge is 0.228 e. The van der Waals surface area contributed by atoms with Gasteiger partial charge in [0.15, 0.2) is 0 Å². The van der Waals surface area contributed by atoms with E-state index in [0.717, 1.165) is 0 Å². The number of hydrogen-bond acceptors (Lipinski definition) is 5. The van der Waals surface area contributed by atoms with Gasteiger partial charge in [0.1, 0.15) is 12.1 Å². The van der Waals surface area contributed by atoms with Crippen LogP contribution in [-0.2, 0) is 4.79 Å². The van der Waals surface area contributed by atoms with Crippen molar-refractivity contribution in [2.75, 3.05) is 25.1 Å². The maximum Gasteiger partial charge on any atom is 0.228 e. The second kappa shape index (κ2) is 5.33. The zero-order valence-electron chi connectivity index (χ0n) is 9.85. The molecule has 1 atom stereocenters. The zero-order valence-corrected chi connectivity index (χ0v) is 9.85. The van der Waals surface area contributed by atoms with Gasteiger partial charge in [-0.3, -0.25) is 9.69 Å². The van der Waals surface area contributed by atoms with Gasteiger partial charge in [-0.25, -0.2) is 9.97 Å². The SMILES string of the molecule is COc1cc(N2CC(CN=[N+]=[N-])CC2=O)ncn1. The highest BCUT2D eigenvalue weighted by atomic mass is 16.5. The Morgan fingerprint density at radius 2 is 2.50 bits per heavy atom. The second-order valence-electron chi connectivity index (χ2n) is 3.91. The third-order valence-corrected chi connectivity index (χ3v) is 2.72. The van der Waals surface area contributed by atoms with Gasteiger partial charge in [0.05, 0.1) is 7.11 Å². The molecule has 8 nitrogen and oxygen atoms in total. The Morgan fingerprint density at radius 3 is 3.22 bits per heavy atom. The molecule has 1 aliphatic heterocycles. The van der Waals surface area contributed by atoms with Gasteiger partial charge < -0.3 is 4.74 Å². The van der Waals surface area contributed by atoms with E-state index in [1.807, 2.05) is 0 Å². The number of azide groups is 1. The molecule has 1 unspecified atom stereocenters. The van der Waals surface area contributed by atoms with E-state index >= 15 is 0 Å². The summed E-state index contributed by atoms with van der Waals surface area (Å²) in [6.45, 7) is 0.818. The monoisotopic (exact) mass is 248 g/mol. The molecule has 1 fully saturated rings. The van der Waals surface area contributed by atoms with Crippen LogP contribution in [0.25, 0.3) is 10.4 Å². The lowest BCUT2D eigenvalue weighted by atomic mass is 10.1. The quantitative estimate of drug-likeness (QED) is 0.452. The fraction of sp³-hybridized carbons (Fsp3) is 0.500. The first-order valence-corrected chi connectivity index (χ1v) is 5.42. The molecule has 1 aliphatic rings. The van der Waals surface area contributed by atoms with Crippen molar-refractivity contribution in [2.24, 2.45) is 11.0 Å². The van der Waals surface area contributed by atoms with Crippen LogP contribution in [0.3, 0.4) is 0 Å². The van der Waals surface area contributed by atoms with Gasteiger partial charge in [0.25, 0.3) is 0 Å². The Labute approximate surface area is 103 Å². The largest absolute Gasteiger partial charge is 0.481 e. The van der Waals surface area contributed by atoms with Crippen LogP contribution >= 0.6 is 0 Å². The zero-order chi connectivity index (χ0) is 13.0. The van der Waals surface area contributed by atoms with E-state index in [9.17, 15) is 4.79 Å². The van der Waals surface area contributed by atoms with Gasteiger partial charge in [-0.05, 0) is 11.4 Å². The van der Waals surface area contributed by atoms with E-state index in [-0.39, 0.29) is 11.8 Å². The fourth-order valence-electron chi connectivity index (χ4n) is 1.87. The van der Waals surface area contributed by atoms with Gasteiger partial charge in [0, 0.05) is 30.5 Å². The minimum Gasteiger partial charge on any atom is -0.481 e. The summed E-state index contributed by atoms with van der Waals surface area (Å²) in [6.07, 6.45) is 1.72. The first-order valence-electron chi connectivity index (χ1n) is 5.42. The molecule has 8 heteroatoms. The molecule has 2 rings (SSSR count). The third-order valence-electron chi connectivity index (χ3n) is 2.72. The minimum atomic E-state index is -0.0334. The Balaban J connectivity index is 2.13. The highest BCUT2D eigenvalue weighted by molar-refractivity contribution is 5.94. The number of carbonyl (C=O) groups is 1. The molecule has 0 aliphatic carbocycles. The molecular weight excluding hydrogens is 236 g/mol. The summed E-state index contributed by atoms with van der Waals surface area (Å²) in [6, 6.07) is 1.61. The average molecular weight is 248 g/mol. The van der Waals surface area contributed by atoms with Gasteiger partial charge in [-0.15, -0.1) is 0 Å². The lowest BCUT2D eigenvalue weighted by Gasteiger charge is -2.15. The van der Waals surface area contributed by atoms with Crippen molar-refractivity contribution >= 4 is 11.7 Å². The molecule has 0 bridgehead atoms. The van der Waals surface area contributed by atoms with Crippen molar-refractivity contribution in [1.29, 1.82) is 0 Å². The maximum absolute atomic E-state index is 11.8. The summed E-state index contributed by atoms with van der Waals surface area (Å²) in [5.74, 6) is 0.921. The van der Waals surface area contributed by atoms with Gasteiger partial charge in [-0.1, -0.05) is 5.11 Å². The third kappa shape index (κ3) is 2.49. The van der Waals surface area contributed by atoms with Crippen molar-refractivity contribution in [3.05, 3.63) is 22.8 Å². The summed E-state index contributed by atoms with van der Waals surface area (Å²) in [4.78, 5) is 24.0. The van der Waals surface area contributed by atoms with Crippen molar-refractivity contribution in [3.8, 4) is 5.88 Å². The number of amides is 1. The summed E-state index contributed by atoms with van der Waals surface area (Å²) in [5, 5.41) is 3.49. The van der Waals surface area contributed by atoms with Crippen molar-refractivity contribution in [3.63, 3.8) is 0 Å². The number of nitrogens with zero attached hydrogens (tertiary/aromatic N) is 6. The molecule has 0 N–H and O–H groups in total. The summed E-state index contributed by atoms with van der Waals surface area (Å²) in [5.41, 5.74) is 8.27. The Bertz CT molecular complexity index is 499. The van der Waals surface area contributed by atoms with E-state index in [2.05, 4.69) is 20.0 Å². The fourth-order valence-corrected chi connectivity index (χ4v) is 1.87. The summed E-state index contributed by atoms with van der Waals surface area (Å²) >= 11 is 0. The van der Waals surface area contributed by atoms with Crippen LogP contribution in [0.5, 0.6) is 5.88 Å². The van der Waals surface area contributed by atoms with E-state index < -0.39 is 0 Å². The molecule has 0 saturated carbocycles. The highest BCUT2D eigenvalue weighted by Gasteiger charge is 2.31. The highest BCUT2D eigenvalue weighted by Crippen LogP contribution is 2.25. The molecule has 1 aromatic heterocycles. The number of carbonyl (C=O) groups excluding carboxylic acids is 1. The Hall–Kier alpha value is -2.34. The van der Waals surface area contributed by atoms with Crippen molar-refractivity contribution < 1.29 is 9.53 Å². The number of hydrogen-bond donors (Lipinski definition) is 0. The lowest BCUT2D eigenvalue weighted by Crippen LogP contribution is -2.25. The first-order chi connectivity index (χ1) is 8.74. The van der Waals surface area contributed by atoms with E-state index in [0.29, 0.717) is 31.2 Å². The normalized spacial score (nSPS) is 18.6. The van der Waals surface area contributed by atoms with Crippen LogP contribution < -0.4 is 9.64 Å². The van der Waals surface area contributed by atoms with Crippen LogP contribution in [0.4, 0.5) is 5.82 Å². The summed E-state index contributed by atoms with van der Waals surface area (Å²) in [7, 11) is 1.50. The molecule has 1 amide bonds. The summed E-state index contributed by atoms with van der Waals surface area (Å²) < 4.78 is 4.99. The first kappa shape index (κ1) is 12.1. The second-order valence-corrected chi connectivity index (χ2v) is 3.91. The number of aromatic nitrogens is 2. The molecule has 2 heterocycles. The molecule has 94 valence electrons. The van der Waals surface area contributed by atoms with Crippen LogP contribution in [0.2, 0.25) is 0 Å². The van der Waals surface area contributed by atoms with Crippen molar-refractivity contribution in [2.45, 2.75) is 6.42 Å². The predicted molar refractivity (Wildman–Crippen MR) is 63.1 cm³/mol. The standard InChI is InChI=1S/C10H12N6O2/c1-18-9-3-8(12-6-13-9)16-5-7(2-10(16)17)4-14-15-11/h3,6-7H,2,4-5H2,1H3. The minimum absolute atomic E-state index is 0.0334. The topological polar surface area (TPSA) is 104 Å². The Kier molecular flexibility index (Phi) is 3.59. The van der Waals surface area contributed by atoms with Crippen LogP contribution in [0.15, 0.2) is 17.5 Å². The van der Waals surface area contributed by atoms with Crippen LogP contribution in [-0.4, -0.2) is 36.1 Å². The number of anilines is 1. The van der Waals surface area contributed by atoms with Gasteiger partial charge >= 0.3 is 0 Å². The Morgan fingerprint density at radius 1 is 1.67 bits per heavy atom. The van der Waals surface area contributed by atoms with E-state index in [1.54, 1.807) is 11.0 Å².